The third-order valence-corrected chi connectivity index (χ3v) is 5.62. The molecule has 4 amide bonds. The molecule has 0 unspecified atom stereocenters. The molecular formula is C22H31N3O5. The van der Waals surface area contributed by atoms with Gasteiger partial charge in [0.25, 0.3) is 11.8 Å². The lowest BCUT2D eigenvalue weighted by molar-refractivity contribution is -0.125. The molecule has 164 valence electrons. The van der Waals surface area contributed by atoms with Crippen molar-refractivity contribution in [1.29, 1.82) is 0 Å². The summed E-state index contributed by atoms with van der Waals surface area (Å²) in [4.78, 5) is 38.3. The third kappa shape index (κ3) is 4.86. The van der Waals surface area contributed by atoms with Gasteiger partial charge in [-0.05, 0) is 43.9 Å². The topological polar surface area (TPSA) is 97.0 Å². The SMILES string of the molecule is CCCCOc1ccc(C(=O)N2CCC3(CC2)NC(=O)NC3=O)cc1OCCCC. The van der Waals surface area contributed by atoms with E-state index in [9.17, 15) is 14.4 Å². The normalized spacial score (nSPS) is 17.6. The van der Waals surface area contributed by atoms with Gasteiger partial charge in [0, 0.05) is 18.7 Å². The van der Waals surface area contributed by atoms with Crippen molar-refractivity contribution in [3.8, 4) is 11.5 Å². The molecule has 2 aliphatic rings. The van der Waals surface area contributed by atoms with Gasteiger partial charge in [-0.15, -0.1) is 0 Å². The molecule has 2 aliphatic heterocycles. The first kappa shape index (κ1) is 21.9. The minimum absolute atomic E-state index is 0.116. The van der Waals surface area contributed by atoms with Gasteiger partial charge < -0.3 is 19.7 Å². The number of carbonyl (C=O) groups is 3. The van der Waals surface area contributed by atoms with Gasteiger partial charge in [0.2, 0.25) is 0 Å². The summed E-state index contributed by atoms with van der Waals surface area (Å²) in [6.07, 6.45) is 4.73. The van der Waals surface area contributed by atoms with Crippen LogP contribution in [-0.4, -0.2) is 54.6 Å². The van der Waals surface area contributed by atoms with E-state index in [0.717, 1.165) is 25.7 Å². The van der Waals surface area contributed by atoms with Gasteiger partial charge in [0.1, 0.15) is 5.54 Å². The summed E-state index contributed by atoms with van der Waals surface area (Å²) in [6, 6.07) is 4.82. The van der Waals surface area contributed by atoms with Gasteiger partial charge in [-0.1, -0.05) is 26.7 Å². The van der Waals surface area contributed by atoms with Crippen LogP contribution < -0.4 is 20.1 Å². The van der Waals surface area contributed by atoms with E-state index in [4.69, 9.17) is 9.47 Å². The molecule has 0 radical (unpaired) electrons. The summed E-state index contributed by atoms with van der Waals surface area (Å²) >= 11 is 0. The lowest BCUT2D eigenvalue weighted by atomic mass is 9.87. The van der Waals surface area contributed by atoms with Gasteiger partial charge in [0.15, 0.2) is 11.5 Å². The summed E-state index contributed by atoms with van der Waals surface area (Å²) in [5, 5.41) is 5.00. The average molecular weight is 418 g/mol. The standard InChI is InChI=1S/C22H31N3O5/c1-3-5-13-29-17-8-7-16(15-18(17)30-14-6-4-2)19(26)25-11-9-22(10-12-25)20(27)23-21(28)24-22/h7-8,15H,3-6,9-14H2,1-2H3,(H2,23,24,27,28). The molecule has 8 heteroatoms. The largest absolute Gasteiger partial charge is 0.490 e. The maximum atomic E-state index is 13.0. The molecule has 8 nitrogen and oxygen atoms in total. The van der Waals surface area contributed by atoms with Crippen LogP contribution in [0.5, 0.6) is 11.5 Å². The van der Waals surface area contributed by atoms with Crippen LogP contribution in [-0.2, 0) is 4.79 Å². The molecule has 0 atom stereocenters. The van der Waals surface area contributed by atoms with Gasteiger partial charge in [0.05, 0.1) is 13.2 Å². The molecule has 1 aromatic rings. The van der Waals surface area contributed by atoms with Crippen molar-refractivity contribution in [3.05, 3.63) is 23.8 Å². The number of carbonyl (C=O) groups excluding carboxylic acids is 3. The quantitative estimate of drug-likeness (QED) is 0.476. The Morgan fingerprint density at radius 3 is 2.23 bits per heavy atom. The van der Waals surface area contributed by atoms with E-state index in [0.29, 0.717) is 56.2 Å². The van der Waals surface area contributed by atoms with Gasteiger partial charge in [-0.3, -0.25) is 14.9 Å². The van der Waals surface area contributed by atoms with E-state index in [1.165, 1.54) is 0 Å². The highest BCUT2D eigenvalue weighted by Crippen LogP contribution is 2.31. The zero-order valence-electron chi connectivity index (χ0n) is 17.8. The van der Waals surface area contributed by atoms with Crippen LogP contribution >= 0.6 is 0 Å². The van der Waals surface area contributed by atoms with Crippen molar-refractivity contribution < 1.29 is 23.9 Å². The lowest BCUT2D eigenvalue weighted by Gasteiger charge is -2.37. The number of unbranched alkanes of at least 4 members (excludes halogenated alkanes) is 2. The number of nitrogens with zero attached hydrogens (tertiary/aromatic N) is 1. The Kier molecular flexibility index (Phi) is 7.18. The van der Waals surface area contributed by atoms with Crippen molar-refractivity contribution in [2.24, 2.45) is 0 Å². The van der Waals surface area contributed by atoms with E-state index < -0.39 is 11.6 Å². The number of urea groups is 1. The Labute approximate surface area is 177 Å². The second-order valence-electron chi connectivity index (χ2n) is 7.85. The molecule has 0 bridgehead atoms. The Balaban J connectivity index is 1.68. The maximum absolute atomic E-state index is 13.0. The number of amides is 4. The molecule has 3 rings (SSSR count). The minimum atomic E-state index is -0.890. The third-order valence-electron chi connectivity index (χ3n) is 5.62. The smallest absolute Gasteiger partial charge is 0.322 e. The zero-order chi connectivity index (χ0) is 21.6. The number of ether oxygens (including phenoxy) is 2. The molecule has 0 aromatic heterocycles. The first-order chi connectivity index (χ1) is 14.5. The van der Waals surface area contributed by atoms with Gasteiger partial charge in [-0.2, -0.15) is 0 Å². The summed E-state index contributed by atoms with van der Waals surface area (Å²) < 4.78 is 11.7. The lowest BCUT2D eigenvalue weighted by Crippen LogP contribution is -2.55. The van der Waals surface area contributed by atoms with Gasteiger partial charge in [-0.25, -0.2) is 4.79 Å². The predicted octanol–water partition coefficient (Wildman–Crippen LogP) is 2.86. The molecule has 2 heterocycles. The van der Waals surface area contributed by atoms with E-state index >= 15 is 0 Å². The molecule has 0 saturated carbocycles. The first-order valence-corrected chi connectivity index (χ1v) is 10.8. The minimum Gasteiger partial charge on any atom is -0.490 e. The van der Waals surface area contributed by atoms with Crippen LogP contribution in [0.25, 0.3) is 0 Å². The molecule has 0 aliphatic carbocycles. The van der Waals surface area contributed by atoms with Crippen molar-refractivity contribution >= 4 is 17.8 Å². The van der Waals surface area contributed by atoms with Crippen LogP contribution in [0.3, 0.4) is 0 Å². The number of likely N-dealkylation sites (tertiary alicyclic amines) is 1. The van der Waals surface area contributed by atoms with E-state index in [1.807, 2.05) is 0 Å². The van der Waals surface area contributed by atoms with Crippen LogP contribution in [0.2, 0.25) is 0 Å². The number of rotatable bonds is 9. The summed E-state index contributed by atoms with van der Waals surface area (Å²) in [5.74, 6) is 0.815. The molecule has 30 heavy (non-hydrogen) atoms. The average Bonchev–Trinajstić information content (AvgIpc) is 3.01. The Bertz CT molecular complexity index is 787. The summed E-state index contributed by atoms with van der Waals surface area (Å²) in [5.41, 5.74) is -0.362. The molecule has 1 aromatic carbocycles. The summed E-state index contributed by atoms with van der Waals surface area (Å²) in [7, 11) is 0. The van der Waals surface area contributed by atoms with Crippen molar-refractivity contribution in [1.82, 2.24) is 15.5 Å². The number of benzene rings is 1. The van der Waals surface area contributed by atoms with Crippen molar-refractivity contribution in [2.75, 3.05) is 26.3 Å². The number of imide groups is 1. The van der Waals surface area contributed by atoms with Crippen LogP contribution in [0.4, 0.5) is 4.79 Å². The monoisotopic (exact) mass is 417 g/mol. The van der Waals surface area contributed by atoms with Crippen molar-refractivity contribution in [2.45, 2.75) is 57.9 Å². The molecule has 2 N–H and O–H groups in total. The van der Waals surface area contributed by atoms with Crippen LogP contribution in [0.15, 0.2) is 18.2 Å². The van der Waals surface area contributed by atoms with Gasteiger partial charge >= 0.3 is 6.03 Å². The number of hydrogen-bond acceptors (Lipinski definition) is 5. The first-order valence-electron chi connectivity index (χ1n) is 10.8. The fourth-order valence-electron chi connectivity index (χ4n) is 3.68. The summed E-state index contributed by atoms with van der Waals surface area (Å²) in [6.45, 7) is 6.17. The highest BCUT2D eigenvalue weighted by molar-refractivity contribution is 6.07. The predicted molar refractivity (Wildman–Crippen MR) is 112 cm³/mol. The van der Waals surface area contributed by atoms with Crippen LogP contribution in [0.1, 0.15) is 62.7 Å². The van der Waals surface area contributed by atoms with Crippen molar-refractivity contribution in [3.63, 3.8) is 0 Å². The number of hydrogen-bond donors (Lipinski definition) is 2. The Hall–Kier alpha value is -2.77. The van der Waals surface area contributed by atoms with E-state index in [1.54, 1.807) is 23.1 Å². The number of piperidine rings is 1. The molecular weight excluding hydrogens is 386 g/mol. The van der Waals surface area contributed by atoms with E-state index in [-0.39, 0.29) is 11.8 Å². The second kappa shape index (κ2) is 9.82. The van der Waals surface area contributed by atoms with Crippen LogP contribution in [0, 0.1) is 0 Å². The highest BCUT2D eigenvalue weighted by atomic mass is 16.5. The fraction of sp³-hybridized carbons (Fsp3) is 0.591. The molecule has 2 fully saturated rings. The highest BCUT2D eigenvalue weighted by Gasteiger charge is 2.48. The Morgan fingerprint density at radius 2 is 1.67 bits per heavy atom. The molecule has 2 saturated heterocycles. The fourth-order valence-corrected chi connectivity index (χ4v) is 3.68. The number of nitrogens with one attached hydrogen (secondary N) is 2. The second-order valence-corrected chi connectivity index (χ2v) is 7.85. The maximum Gasteiger partial charge on any atom is 0.322 e. The Morgan fingerprint density at radius 1 is 1.03 bits per heavy atom. The zero-order valence-corrected chi connectivity index (χ0v) is 17.8. The molecule has 1 spiro atoms. The van der Waals surface area contributed by atoms with E-state index in [2.05, 4.69) is 24.5 Å².